The number of nitrogens with zero attached hydrogens (tertiary/aromatic N) is 2. The smallest absolute Gasteiger partial charge is 0.321 e. The van der Waals surface area contributed by atoms with Gasteiger partial charge in [0.05, 0.1) is 11.4 Å². The Morgan fingerprint density at radius 1 is 1.12 bits per heavy atom. The van der Waals surface area contributed by atoms with Crippen molar-refractivity contribution in [1.82, 2.24) is 9.78 Å². The second kappa shape index (κ2) is 7.15. The highest BCUT2D eigenvalue weighted by Gasteiger charge is 2.26. The molecule has 3 rings (SSSR count). The third kappa shape index (κ3) is 3.46. The summed E-state index contributed by atoms with van der Waals surface area (Å²) in [7, 11) is 0. The van der Waals surface area contributed by atoms with E-state index in [1.165, 1.54) is 17.3 Å². The van der Waals surface area contributed by atoms with Gasteiger partial charge in [0.1, 0.15) is 5.25 Å². The summed E-state index contributed by atoms with van der Waals surface area (Å²) < 4.78 is 1.76. The molecule has 0 amide bonds. The van der Waals surface area contributed by atoms with E-state index in [9.17, 15) is 9.90 Å². The average molecular weight is 352 g/mol. The van der Waals surface area contributed by atoms with E-state index < -0.39 is 11.2 Å². The number of carbonyl (C=O) groups is 1. The van der Waals surface area contributed by atoms with E-state index >= 15 is 0 Å². The van der Waals surface area contributed by atoms with Crippen LogP contribution in [0.15, 0.2) is 54.7 Å². The molecule has 128 valence electrons. The minimum absolute atomic E-state index is 0.658. The highest BCUT2D eigenvalue weighted by Crippen LogP contribution is 2.35. The van der Waals surface area contributed by atoms with Crippen molar-refractivity contribution < 1.29 is 9.90 Å². The molecule has 5 heteroatoms. The first kappa shape index (κ1) is 17.3. The quantitative estimate of drug-likeness (QED) is 0.726. The Bertz CT molecular complexity index is 903. The number of carboxylic acids is 1. The predicted octanol–water partition coefficient (Wildman–Crippen LogP) is 4.64. The summed E-state index contributed by atoms with van der Waals surface area (Å²) in [6.07, 6.45) is 3.64. The Kier molecular flexibility index (Phi) is 4.95. The van der Waals surface area contributed by atoms with Crippen LogP contribution < -0.4 is 0 Å². The first-order valence-electron chi connectivity index (χ1n) is 7.99. The predicted molar refractivity (Wildman–Crippen MR) is 102 cm³/mol. The number of para-hydroxylation sites is 1. The fourth-order valence-corrected chi connectivity index (χ4v) is 3.39. The number of aryl methyl sites for hydroxylation is 2. The zero-order valence-corrected chi connectivity index (χ0v) is 15.2. The fourth-order valence-electron chi connectivity index (χ4n) is 2.77. The number of hydrogen-bond donors (Lipinski definition) is 1. The zero-order chi connectivity index (χ0) is 18.0. The second-order valence-electron chi connectivity index (χ2n) is 5.97. The van der Waals surface area contributed by atoms with Crippen LogP contribution in [0, 0.1) is 13.8 Å². The van der Waals surface area contributed by atoms with Gasteiger partial charge in [-0.3, -0.25) is 4.79 Å². The lowest BCUT2D eigenvalue weighted by molar-refractivity contribution is -0.136. The van der Waals surface area contributed by atoms with Gasteiger partial charge >= 0.3 is 5.97 Å². The molecule has 0 aliphatic rings. The Morgan fingerprint density at radius 3 is 2.44 bits per heavy atom. The molecule has 1 aromatic heterocycles. The van der Waals surface area contributed by atoms with Gasteiger partial charge in [0.15, 0.2) is 0 Å². The van der Waals surface area contributed by atoms with Gasteiger partial charge in [-0.1, -0.05) is 30.3 Å². The molecule has 2 aromatic carbocycles. The zero-order valence-electron chi connectivity index (χ0n) is 14.4. The third-order valence-electron chi connectivity index (χ3n) is 4.29. The molecular weight excluding hydrogens is 332 g/mol. The summed E-state index contributed by atoms with van der Waals surface area (Å²) in [4.78, 5) is 11.7. The van der Waals surface area contributed by atoms with Crippen LogP contribution in [0.1, 0.15) is 21.9 Å². The van der Waals surface area contributed by atoms with Crippen LogP contribution in [-0.2, 0) is 4.79 Å². The van der Waals surface area contributed by atoms with Crippen LogP contribution in [0.4, 0.5) is 0 Å². The summed E-state index contributed by atoms with van der Waals surface area (Å²) >= 11 is 1.30. The van der Waals surface area contributed by atoms with Gasteiger partial charge < -0.3 is 5.11 Å². The van der Waals surface area contributed by atoms with Crippen molar-refractivity contribution in [2.24, 2.45) is 0 Å². The molecule has 4 nitrogen and oxygen atoms in total. The molecule has 0 spiro atoms. The molecule has 0 saturated carbocycles. The molecule has 0 aliphatic heterocycles. The van der Waals surface area contributed by atoms with Crippen LogP contribution in [-0.4, -0.2) is 27.1 Å². The van der Waals surface area contributed by atoms with E-state index in [1.807, 2.05) is 54.9 Å². The van der Waals surface area contributed by atoms with Crippen LogP contribution in [0.25, 0.3) is 16.9 Å². The Hall–Kier alpha value is -2.53. The topological polar surface area (TPSA) is 55.1 Å². The maximum absolute atomic E-state index is 11.7. The molecule has 0 aliphatic carbocycles. The van der Waals surface area contributed by atoms with E-state index in [1.54, 1.807) is 4.68 Å². The van der Waals surface area contributed by atoms with Crippen molar-refractivity contribution in [2.75, 3.05) is 6.26 Å². The highest BCUT2D eigenvalue weighted by atomic mass is 32.2. The number of rotatable bonds is 5. The molecule has 1 unspecified atom stereocenters. The van der Waals surface area contributed by atoms with Crippen LogP contribution >= 0.6 is 11.8 Å². The molecule has 3 aromatic rings. The van der Waals surface area contributed by atoms with E-state index in [0.29, 0.717) is 11.3 Å². The van der Waals surface area contributed by atoms with E-state index in [2.05, 4.69) is 19.9 Å². The molecular formula is C20H20N2O2S. The van der Waals surface area contributed by atoms with Gasteiger partial charge in [-0.25, -0.2) is 4.68 Å². The van der Waals surface area contributed by atoms with Crippen molar-refractivity contribution >= 4 is 17.7 Å². The first-order valence-corrected chi connectivity index (χ1v) is 9.28. The molecule has 0 saturated heterocycles. The number of thioether (sulfide) groups is 1. The van der Waals surface area contributed by atoms with Crippen molar-refractivity contribution in [3.05, 3.63) is 71.4 Å². The Labute approximate surface area is 151 Å². The lowest BCUT2D eigenvalue weighted by Crippen LogP contribution is -2.07. The number of aromatic nitrogens is 2. The van der Waals surface area contributed by atoms with Gasteiger partial charge in [0.2, 0.25) is 0 Å². The Balaban J connectivity index is 2.19. The molecule has 0 fully saturated rings. The second-order valence-corrected chi connectivity index (χ2v) is 6.91. The lowest BCUT2D eigenvalue weighted by Gasteiger charge is -2.10. The lowest BCUT2D eigenvalue weighted by atomic mass is 10.0. The summed E-state index contributed by atoms with van der Waals surface area (Å²) in [5.41, 5.74) is 5.64. The van der Waals surface area contributed by atoms with Crippen LogP contribution in [0.3, 0.4) is 0 Å². The first-order chi connectivity index (χ1) is 12.0. The molecule has 1 heterocycles. The Morgan fingerprint density at radius 2 is 1.84 bits per heavy atom. The van der Waals surface area contributed by atoms with Gasteiger partial charge in [0, 0.05) is 17.3 Å². The highest BCUT2D eigenvalue weighted by molar-refractivity contribution is 7.99. The van der Waals surface area contributed by atoms with Crippen LogP contribution in [0.2, 0.25) is 0 Å². The van der Waals surface area contributed by atoms with E-state index in [-0.39, 0.29) is 0 Å². The SMILES string of the molecule is CSC(C(=O)O)c1cn(-c2ccccc2)nc1-c1ccc(C)c(C)c1. The van der Waals surface area contributed by atoms with Gasteiger partial charge in [-0.15, -0.1) is 11.8 Å². The van der Waals surface area contributed by atoms with Crippen molar-refractivity contribution in [1.29, 1.82) is 0 Å². The van der Waals surface area contributed by atoms with E-state index in [4.69, 9.17) is 5.10 Å². The largest absolute Gasteiger partial charge is 0.480 e. The standard InChI is InChI=1S/C20H20N2O2S/c1-13-9-10-15(11-14(13)2)18-17(19(25-3)20(23)24)12-22(21-18)16-7-5-4-6-8-16/h4-12,19H,1-3H3,(H,23,24). The molecule has 0 radical (unpaired) electrons. The fraction of sp³-hybridized carbons (Fsp3) is 0.200. The number of hydrogen-bond acceptors (Lipinski definition) is 3. The van der Waals surface area contributed by atoms with Crippen LogP contribution in [0.5, 0.6) is 0 Å². The summed E-state index contributed by atoms with van der Waals surface area (Å²) in [6, 6.07) is 15.8. The van der Waals surface area contributed by atoms with Gasteiger partial charge in [-0.2, -0.15) is 5.10 Å². The monoisotopic (exact) mass is 352 g/mol. The summed E-state index contributed by atoms with van der Waals surface area (Å²) in [6.45, 7) is 4.11. The summed E-state index contributed by atoms with van der Waals surface area (Å²) in [5, 5.41) is 13.7. The normalized spacial score (nSPS) is 12.1. The number of carboxylic acid groups (broad SMARTS) is 1. The van der Waals surface area contributed by atoms with Crippen molar-refractivity contribution in [2.45, 2.75) is 19.1 Å². The minimum atomic E-state index is -0.856. The minimum Gasteiger partial charge on any atom is -0.480 e. The molecule has 1 atom stereocenters. The third-order valence-corrected chi connectivity index (χ3v) is 5.21. The molecule has 25 heavy (non-hydrogen) atoms. The van der Waals surface area contributed by atoms with E-state index in [0.717, 1.165) is 16.8 Å². The van der Waals surface area contributed by atoms with Gasteiger partial charge in [-0.05, 0) is 49.4 Å². The van der Waals surface area contributed by atoms with Crippen molar-refractivity contribution in [3.63, 3.8) is 0 Å². The maximum Gasteiger partial charge on any atom is 0.321 e. The maximum atomic E-state index is 11.7. The average Bonchev–Trinajstić information content (AvgIpc) is 3.03. The summed E-state index contributed by atoms with van der Waals surface area (Å²) in [5.74, 6) is -0.856. The molecule has 1 N–H and O–H groups in total. The number of aliphatic carboxylic acids is 1. The van der Waals surface area contributed by atoms with Crippen molar-refractivity contribution in [3.8, 4) is 16.9 Å². The molecule has 0 bridgehead atoms. The number of benzene rings is 2. The van der Waals surface area contributed by atoms with Gasteiger partial charge in [0.25, 0.3) is 0 Å².